The number of thiazole rings is 1. The highest BCUT2D eigenvalue weighted by molar-refractivity contribution is 7.13. The zero-order valence-electron chi connectivity index (χ0n) is 11.1. The molecular weight excluding hydrogens is 290 g/mol. The summed E-state index contributed by atoms with van der Waals surface area (Å²) in [5, 5.41) is 14.3. The molecule has 1 aromatic heterocycles. The molecule has 0 bridgehead atoms. The highest BCUT2D eigenvalue weighted by Crippen LogP contribution is 2.23. The van der Waals surface area contributed by atoms with Crippen molar-refractivity contribution in [1.82, 2.24) is 9.88 Å². The molecule has 2 heterocycles. The molecule has 0 radical (unpaired) electrons. The standard InChI is InChI=1S/C14H13N3O3S/c18-12(19)11-3-1-2-9-8-17(6-4-10(9)11)14(20)16-13-15-5-7-21-13/h1-3,5,7H,4,6,8H2,(H,18,19)(H,15,16,20). The van der Waals surface area contributed by atoms with Crippen LogP contribution in [0, 0.1) is 0 Å². The third-order valence-electron chi connectivity index (χ3n) is 3.43. The number of nitrogens with zero attached hydrogens (tertiary/aromatic N) is 2. The number of carboxylic acid groups (broad SMARTS) is 1. The number of hydrogen-bond donors (Lipinski definition) is 2. The van der Waals surface area contributed by atoms with Crippen LogP contribution in [0.3, 0.4) is 0 Å². The molecule has 21 heavy (non-hydrogen) atoms. The van der Waals surface area contributed by atoms with Crippen molar-refractivity contribution in [2.24, 2.45) is 0 Å². The maximum Gasteiger partial charge on any atom is 0.335 e. The lowest BCUT2D eigenvalue weighted by atomic mass is 9.95. The van der Waals surface area contributed by atoms with Crippen LogP contribution in [0.1, 0.15) is 21.5 Å². The third kappa shape index (κ3) is 2.73. The molecule has 1 aliphatic heterocycles. The molecule has 108 valence electrons. The molecule has 6 nitrogen and oxygen atoms in total. The summed E-state index contributed by atoms with van der Waals surface area (Å²) in [7, 11) is 0. The molecule has 0 unspecified atom stereocenters. The first-order chi connectivity index (χ1) is 10.1. The zero-order chi connectivity index (χ0) is 14.8. The van der Waals surface area contributed by atoms with E-state index in [0.29, 0.717) is 30.2 Å². The molecule has 2 N–H and O–H groups in total. The lowest BCUT2D eigenvalue weighted by molar-refractivity contribution is 0.0695. The molecule has 7 heteroatoms. The second-order valence-corrected chi connectivity index (χ2v) is 5.58. The monoisotopic (exact) mass is 303 g/mol. The fourth-order valence-electron chi connectivity index (χ4n) is 2.44. The topological polar surface area (TPSA) is 82.5 Å². The minimum Gasteiger partial charge on any atom is -0.478 e. The number of anilines is 1. The van der Waals surface area contributed by atoms with Crippen molar-refractivity contribution in [3.05, 3.63) is 46.5 Å². The first-order valence-corrected chi connectivity index (χ1v) is 7.32. The average Bonchev–Trinajstić information content (AvgIpc) is 2.98. The Bertz CT molecular complexity index is 685. The molecule has 2 aromatic rings. The minimum atomic E-state index is -0.924. The summed E-state index contributed by atoms with van der Waals surface area (Å²) in [5.41, 5.74) is 2.03. The number of carbonyl (C=O) groups excluding carboxylic acids is 1. The number of carboxylic acids is 1. The fourth-order valence-corrected chi connectivity index (χ4v) is 2.96. The van der Waals surface area contributed by atoms with Crippen LogP contribution >= 0.6 is 11.3 Å². The highest BCUT2D eigenvalue weighted by Gasteiger charge is 2.24. The van der Waals surface area contributed by atoms with Gasteiger partial charge in [0, 0.05) is 24.7 Å². The Hall–Kier alpha value is -2.41. The Balaban J connectivity index is 1.77. The van der Waals surface area contributed by atoms with Gasteiger partial charge in [0.2, 0.25) is 0 Å². The van der Waals surface area contributed by atoms with Gasteiger partial charge in [-0.15, -0.1) is 11.3 Å². The van der Waals surface area contributed by atoms with Crippen LogP contribution in [0.4, 0.5) is 9.93 Å². The van der Waals surface area contributed by atoms with Crippen LogP contribution in [-0.2, 0) is 13.0 Å². The van der Waals surface area contributed by atoms with E-state index in [1.54, 1.807) is 28.6 Å². The SMILES string of the molecule is O=C(O)c1cccc2c1CCN(C(=O)Nc1nccs1)C2. The molecule has 0 atom stereocenters. The molecule has 2 amide bonds. The first-order valence-electron chi connectivity index (χ1n) is 6.44. The number of nitrogens with one attached hydrogen (secondary N) is 1. The van der Waals surface area contributed by atoms with Crippen molar-refractivity contribution in [3.8, 4) is 0 Å². The summed E-state index contributed by atoms with van der Waals surface area (Å²) in [6.45, 7) is 0.905. The van der Waals surface area contributed by atoms with E-state index in [1.165, 1.54) is 11.3 Å². The molecule has 0 fully saturated rings. The van der Waals surface area contributed by atoms with E-state index in [9.17, 15) is 14.7 Å². The molecule has 0 aliphatic carbocycles. The van der Waals surface area contributed by atoms with Gasteiger partial charge in [-0.05, 0) is 23.6 Å². The number of aromatic nitrogens is 1. The van der Waals surface area contributed by atoms with Crippen molar-refractivity contribution >= 4 is 28.5 Å². The Kier molecular flexibility index (Phi) is 3.57. The van der Waals surface area contributed by atoms with Crippen molar-refractivity contribution in [2.75, 3.05) is 11.9 Å². The van der Waals surface area contributed by atoms with E-state index >= 15 is 0 Å². The normalized spacial score (nSPS) is 13.6. The molecule has 0 spiro atoms. The lowest BCUT2D eigenvalue weighted by Crippen LogP contribution is -2.39. The number of rotatable bonds is 2. The maximum absolute atomic E-state index is 12.2. The van der Waals surface area contributed by atoms with Gasteiger partial charge < -0.3 is 10.0 Å². The van der Waals surface area contributed by atoms with Crippen LogP contribution in [0.25, 0.3) is 0 Å². The van der Waals surface area contributed by atoms with E-state index in [2.05, 4.69) is 10.3 Å². The quantitative estimate of drug-likeness (QED) is 0.892. The summed E-state index contributed by atoms with van der Waals surface area (Å²) >= 11 is 1.36. The number of benzene rings is 1. The predicted octanol–water partition coefficient (Wildman–Crippen LogP) is 2.43. The number of fused-ring (bicyclic) bond motifs is 1. The van der Waals surface area contributed by atoms with Gasteiger partial charge in [0.25, 0.3) is 0 Å². The zero-order valence-corrected chi connectivity index (χ0v) is 11.9. The van der Waals surface area contributed by atoms with E-state index in [-0.39, 0.29) is 6.03 Å². The van der Waals surface area contributed by atoms with Crippen molar-refractivity contribution in [1.29, 1.82) is 0 Å². The first kappa shape index (κ1) is 13.6. The van der Waals surface area contributed by atoms with E-state index in [0.717, 1.165) is 11.1 Å². The Morgan fingerprint density at radius 2 is 2.24 bits per heavy atom. The van der Waals surface area contributed by atoms with Crippen molar-refractivity contribution < 1.29 is 14.7 Å². The average molecular weight is 303 g/mol. The van der Waals surface area contributed by atoms with Gasteiger partial charge in [-0.25, -0.2) is 14.6 Å². The van der Waals surface area contributed by atoms with Crippen LogP contribution in [0.15, 0.2) is 29.8 Å². The van der Waals surface area contributed by atoms with Crippen molar-refractivity contribution in [3.63, 3.8) is 0 Å². The molecule has 0 saturated heterocycles. The summed E-state index contributed by atoms with van der Waals surface area (Å²) in [6.07, 6.45) is 2.17. The lowest BCUT2D eigenvalue weighted by Gasteiger charge is -2.29. The van der Waals surface area contributed by atoms with Gasteiger partial charge in [-0.3, -0.25) is 5.32 Å². The number of urea groups is 1. The second kappa shape index (κ2) is 5.53. The molecule has 3 rings (SSSR count). The summed E-state index contributed by atoms with van der Waals surface area (Å²) in [4.78, 5) is 29.0. The third-order valence-corrected chi connectivity index (χ3v) is 4.12. The van der Waals surface area contributed by atoms with Crippen LogP contribution < -0.4 is 5.32 Å². The van der Waals surface area contributed by atoms with Crippen molar-refractivity contribution in [2.45, 2.75) is 13.0 Å². The number of aromatic carboxylic acids is 1. The van der Waals surface area contributed by atoms with E-state index < -0.39 is 5.97 Å². The fraction of sp³-hybridized carbons (Fsp3) is 0.214. The highest BCUT2D eigenvalue weighted by atomic mass is 32.1. The van der Waals surface area contributed by atoms with Gasteiger partial charge in [0.1, 0.15) is 0 Å². The molecular formula is C14H13N3O3S. The Morgan fingerprint density at radius 1 is 1.38 bits per heavy atom. The molecule has 0 saturated carbocycles. The maximum atomic E-state index is 12.2. The Labute approximate surface area is 125 Å². The van der Waals surface area contributed by atoms with E-state index in [4.69, 9.17) is 0 Å². The van der Waals surface area contributed by atoms with Gasteiger partial charge >= 0.3 is 12.0 Å². The van der Waals surface area contributed by atoms with Gasteiger partial charge in [-0.2, -0.15) is 0 Å². The largest absolute Gasteiger partial charge is 0.478 e. The smallest absolute Gasteiger partial charge is 0.335 e. The van der Waals surface area contributed by atoms with Crippen LogP contribution in [0.2, 0.25) is 0 Å². The molecule has 1 aromatic carbocycles. The minimum absolute atomic E-state index is 0.212. The number of amides is 2. The predicted molar refractivity (Wildman–Crippen MR) is 78.6 cm³/mol. The number of hydrogen-bond acceptors (Lipinski definition) is 4. The summed E-state index contributed by atoms with van der Waals surface area (Å²) in [6, 6.07) is 4.97. The van der Waals surface area contributed by atoms with Gasteiger partial charge in [-0.1, -0.05) is 12.1 Å². The number of carbonyl (C=O) groups is 2. The molecule has 1 aliphatic rings. The van der Waals surface area contributed by atoms with Gasteiger partial charge in [0.05, 0.1) is 5.56 Å². The Morgan fingerprint density at radius 3 is 2.95 bits per heavy atom. The van der Waals surface area contributed by atoms with Gasteiger partial charge in [0.15, 0.2) is 5.13 Å². The summed E-state index contributed by atoms with van der Waals surface area (Å²) in [5.74, 6) is -0.924. The summed E-state index contributed by atoms with van der Waals surface area (Å²) < 4.78 is 0. The van der Waals surface area contributed by atoms with Crippen LogP contribution in [0.5, 0.6) is 0 Å². The van der Waals surface area contributed by atoms with Crippen LogP contribution in [-0.4, -0.2) is 33.5 Å². The van der Waals surface area contributed by atoms with E-state index in [1.807, 2.05) is 6.07 Å². The second-order valence-electron chi connectivity index (χ2n) is 4.69.